The number of ether oxygens (including phenoxy) is 1. The van der Waals surface area contributed by atoms with E-state index < -0.39 is 11.9 Å². The zero-order valence-corrected chi connectivity index (χ0v) is 10.3. The molecule has 4 atom stereocenters. The zero-order valence-electron chi connectivity index (χ0n) is 10.3. The minimum absolute atomic E-state index is 0.0211. The Morgan fingerprint density at radius 2 is 2.05 bits per heavy atom. The van der Waals surface area contributed by atoms with Crippen molar-refractivity contribution >= 4 is 0 Å². The third-order valence-electron chi connectivity index (χ3n) is 3.92. The molecule has 1 saturated carbocycles. The Balaban J connectivity index is 1.65. The second-order valence-corrected chi connectivity index (χ2v) is 5.19. The van der Waals surface area contributed by atoms with Crippen LogP contribution >= 0.6 is 0 Å². The third kappa shape index (κ3) is 2.39. The van der Waals surface area contributed by atoms with Crippen LogP contribution in [0.15, 0.2) is 12.4 Å². The molecule has 1 aliphatic heterocycles. The van der Waals surface area contributed by atoms with E-state index in [0.717, 1.165) is 19.0 Å². The first-order valence-electron chi connectivity index (χ1n) is 6.25. The van der Waals surface area contributed by atoms with Gasteiger partial charge in [-0.05, 0) is 25.7 Å². The van der Waals surface area contributed by atoms with Crippen molar-refractivity contribution in [2.75, 3.05) is 0 Å². The van der Waals surface area contributed by atoms with Gasteiger partial charge in [0, 0.05) is 12.1 Å². The number of halogens is 3. The SMILES string of the molecule is C[C@H]1N[C@H]2C[C@@H]1C[C@H]2Oc1cnc(C(F)(F)F)cn1. The summed E-state index contributed by atoms with van der Waals surface area (Å²) in [5.74, 6) is 0.734. The molecule has 0 aromatic carbocycles. The van der Waals surface area contributed by atoms with Crippen molar-refractivity contribution in [3.63, 3.8) is 0 Å². The van der Waals surface area contributed by atoms with Crippen molar-refractivity contribution in [2.45, 2.75) is 44.1 Å². The molecule has 2 fully saturated rings. The van der Waals surface area contributed by atoms with Gasteiger partial charge in [0.2, 0.25) is 5.88 Å². The standard InChI is InChI=1S/C12H14F3N3O/c1-6-7-2-8(18-6)9(3-7)19-11-5-16-10(4-17-11)12(13,14)15/h4-9,18H,2-3H2,1H3/t6-,7-,8+,9-/m1/s1. The fraction of sp³-hybridized carbons (Fsp3) is 0.667. The van der Waals surface area contributed by atoms with E-state index in [1.54, 1.807) is 0 Å². The molecule has 2 bridgehead atoms. The first-order chi connectivity index (χ1) is 8.93. The molecular formula is C12H14F3N3O. The van der Waals surface area contributed by atoms with E-state index in [-0.39, 0.29) is 18.0 Å². The minimum atomic E-state index is -4.46. The normalized spacial score (nSPS) is 33.7. The molecule has 2 aliphatic rings. The lowest BCUT2D eigenvalue weighted by Crippen LogP contribution is -2.44. The summed E-state index contributed by atoms with van der Waals surface area (Å²) in [5, 5.41) is 3.41. The molecule has 1 aromatic rings. The maximum Gasteiger partial charge on any atom is 0.434 e. The molecule has 104 valence electrons. The molecule has 1 aliphatic carbocycles. The van der Waals surface area contributed by atoms with Crippen molar-refractivity contribution in [1.29, 1.82) is 0 Å². The number of rotatable bonds is 2. The molecule has 2 heterocycles. The van der Waals surface area contributed by atoms with Gasteiger partial charge >= 0.3 is 6.18 Å². The Kier molecular flexibility index (Phi) is 2.88. The van der Waals surface area contributed by atoms with Gasteiger partial charge in [-0.1, -0.05) is 0 Å². The molecule has 4 nitrogen and oxygen atoms in total. The van der Waals surface area contributed by atoms with Crippen molar-refractivity contribution in [3.05, 3.63) is 18.1 Å². The van der Waals surface area contributed by atoms with Gasteiger partial charge in [0.15, 0.2) is 5.69 Å². The van der Waals surface area contributed by atoms with Gasteiger partial charge in [-0.2, -0.15) is 13.2 Å². The number of piperidine rings is 1. The number of nitrogens with one attached hydrogen (secondary N) is 1. The Bertz CT molecular complexity index is 460. The Morgan fingerprint density at radius 3 is 2.53 bits per heavy atom. The summed E-state index contributed by atoms with van der Waals surface area (Å²) in [6.45, 7) is 2.14. The van der Waals surface area contributed by atoms with Crippen LogP contribution in [0.25, 0.3) is 0 Å². The average molecular weight is 273 g/mol. The number of hydrogen-bond donors (Lipinski definition) is 1. The Morgan fingerprint density at radius 1 is 1.26 bits per heavy atom. The Hall–Kier alpha value is -1.37. The van der Waals surface area contributed by atoms with Crippen LogP contribution in [0.1, 0.15) is 25.5 Å². The molecule has 0 spiro atoms. The monoisotopic (exact) mass is 273 g/mol. The fourth-order valence-corrected chi connectivity index (χ4v) is 2.90. The van der Waals surface area contributed by atoms with Crippen molar-refractivity contribution in [3.8, 4) is 5.88 Å². The molecular weight excluding hydrogens is 259 g/mol. The summed E-state index contributed by atoms with van der Waals surface area (Å²) in [5.41, 5.74) is -1.00. The number of fused-ring (bicyclic) bond motifs is 2. The minimum Gasteiger partial charge on any atom is -0.472 e. The average Bonchev–Trinajstić information content (AvgIpc) is 2.87. The molecule has 1 saturated heterocycles. The second kappa shape index (κ2) is 4.33. The fourth-order valence-electron chi connectivity index (χ4n) is 2.90. The first-order valence-corrected chi connectivity index (χ1v) is 6.25. The lowest BCUT2D eigenvalue weighted by Gasteiger charge is -2.27. The summed E-state index contributed by atoms with van der Waals surface area (Å²) in [7, 11) is 0. The van der Waals surface area contributed by atoms with Crippen molar-refractivity contribution in [2.24, 2.45) is 5.92 Å². The van der Waals surface area contributed by atoms with Gasteiger partial charge in [0.1, 0.15) is 6.10 Å². The molecule has 0 unspecified atom stereocenters. The van der Waals surface area contributed by atoms with E-state index in [1.165, 1.54) is 0 Å². The first kappa shape index (κ1) is 12.7. The van der Waals surface area contributed by atoms with E-state index in [0.29, 0.717) is 18.2 Å². The summed E-state index contributed by atoms with van der Waals surface area (Å²) < 4.78 is 42.6. The van der Waals surface area contributed by atoms with Crippen LogP contribution in [-0.2, 0) is 6.18 Å². The van der Waals surface area contributed by atoms with E-state index in [1.807, 2.05) is 0 Å². The molecule has 7 heteroatoms. The largest absolute Gasteiger partial charge is 0.472 e. The highest BCUT2D eigenvalue weighted by molar-refractivity contribution is 5.12. The van der Waals surface area contributed by atoms with Crippen LogP contribution in [0.3, 0.4) is 0 Å². The summed E-state index contributed by atoms with van der Waals surface area (Å²) in [6.07, 6.45) is -0.764. The number of hydrogen-bond acceptors (Lipinski definition) is 4. The Labute approximate surface area is 108 Å². The van der Waals surface area contributed by atoms with Gasteiger partial charge < -0.3 is 10.1 Å². The zero-order chi connectivity index (χ0) is 13.6. The predicted octanol–water partition coefficient (Wildman–Crippen LogP) is 2.01. The van der Waals surface area contributed by atoms with Crippen LogP contribution in [0.5, 0.6) is 5.88 Å². The molecule has 19 heavy (non-hydrogen) atoms. The van der Waals surface area contributed by atoms with Crippen molar-refractivity contribution in [1.82, 2.24) is 15.3 Å². The lowest BCUT2D eigenvalue weighted by atomic mass is 10.0. The van der Waals surface area contributed by atoms with Crippen molar-refractivity contribution < 1.29 is 17.9 Å². The topological polar surface area (TPSA) is 47.0 Å². The van der Waals surface area contributed by atoms with E-state index in [4.69, 9.17) is 4.74 Å². The lowest BCUT2D eigenvalue weighted by molar-refractivity contribution is -0.141. The van der Waals surface area contributed by atoms with Gasteiger partial charge in [0.05, 0.1) is 12.4 Å². The van der Waals surface area contributed by atoms with E-state index in [2.05, 4.69) is 22.2 Å². The smallest absolute Gasteiger partial charge is 0.434 e. The van der Waals surface area contributed by atoms with E-state index in [9.17, 15) is 13.2 Å². The molecule has 3 rings (SSSR count). The van der Waals surface area contributed by atoms with E-state index >= 15 is 0 Å². The van der Waals surface area contributed by atoms with Crippen LogP contribution in [-0.4, -0.2) is 28.2 Å². The summed E-state index contributed by atoms with van der Waals surface area (Å²) >= 11 is 0. The highest BCUT2D eigenvalue weighted by Crippen LogP contribution is 2.37. The van der Waals surface area contributed by atoms with Gasteiger partial charge in [-0.25, -0.2) is 9.97 Å². The van der Waals surface area contributed by atoms with Crippen LogP contribution in [0, 0.1) is 5.92 Å². The molecule has 1 N–H and O–H groups in total. The second-order valence-electron chi connectivity index (χ2n) is 5.19. The molecule has 1 aromatic heterocycles. The maximum atomic E-state index is 12.3. The van der Waals surface area contributed by atoms with Gasteiger partial charge in [0.25, 0.3) is 0 Å². The highest BCUT2D eigenvalue weighted by Gasteiger charge is 2.45. The number of nitrogens with zero attached hydrogens (tertiary/aromatic N) is 2. The van der Waals surface area contributed by atoms with Crippen LogP contribution < -0.4 is 10.1 Å². The van der Waals surface area contributed by atoms with Gasteiger partial charge in [-0.3, -0.25) is 0 Å². The van der Waals surface area contributed by atoms with Gasteiger partial charge in [-0.15, -0.1) is 0 Å². The summed E-state index contributed by atoms with van der Waals surface area (Å²) in [4.78, 5) is 7.01. The molecule has 0 radical (unpaired) electrons. The predicted molar refractivity (Wildman–Crippen MR) is 60.6 cm³/mol. The number of alkyl halides is 3. The third-order valence-corrected chi connectivity index (χ3v) is 3.92. The summed E-state index contributed by atoms with van der Waals surface area (Å²) in [6, 6.07) is 0.757. The molecule has 0 amide bonds. The number of aromatic nitrogens is 2. The highest BCUT2D eigenvalue weighted by atomic mass is 19.4. The van der Waals surface area contributed by atoms with Crippen LogP contribution in [0.2, 0.25) is 0 Å². The maximum absolute atomic E-state index is 12.3. The van der Waals surface area contributed by atoms with Crippen LogP contribution in [0.4, 0.5) is 13.2 Å². The quantitative estimate of drug-likeness (QED) is 0.895.